The molecule has 2 saturated heterocycles. The van der Waals surface area contributed by atoms with Crippen molar-refractivity contribution in [1.82, 2.24) is 34.7 Å². The molecule has 51 heavy (non-hydrogen) atoms. The molecule has 0 radical (unpaired) electrons. The molecule has 0 bridgehead atoms. The van der Waals surface area contributed by atoms with Crippen LogP contribution >= 0.6 is 23.2 Å². The topological polar surface area (TPSA) is 143 Å². The fourth-order valence-electron chi connectivity index (χ4n) is 6.88. The van der Waals surface area contributed by atoms with Crippen LogP contribution in [-0.2, 0) is 29.7 Å². The Morgan fingerprint density at radius 1 is 1.04 bits per heavy atom. The van der Waals surface area contributed by atoms with Gasteiger partial charge in [0.1, 0.15) is 11.3 Å². The normalized spacial score (nSPS) is 17.7. The van der Waals surface area contributed by atoms with E-state index in [-0.39, 0.29) is 17.5 Å². The lowest BCUT2D eigenvalue weighted by Gasteiger charge is -2.16. The van der Waals surface area contributed by atoms with Crippen molar-refractivity contribution in [2.24, 2.45) is 13.0 Å². The highest BCUT2D eigenvalue weighted by molar-refractivity contribution is 6.39. The van der Waals surface area contributed by atoms with Crippen LogP contribution in [0, 0.1) is 5.92 Å². The summed E-state index contributed by atoms with van der Waals surface area (Å²) >= 11 is 14.2. The van der Waals surface area contributed by atoms with Crippen molar-refractivity contribution in [2.75, 3.05) is 26.7 Å². The molecule has 2 fully saturated rings. The molecule has 0 unspecified atom stereocenters. The second-order valence-electron chi connectivity index (χ2n) is 13.0. The van der Waals surface area contributed by atoms with Gasteiger partial charge in [-0.05, 0) is 31.5 Å². The molecule has 0 aliphatic carbocycles. The Labute approximate surface area is 304 Å². The highest BCUT2D eigenvalue weighted by Crippen LogP contribution is 2.42. The number of aliphatic carboxylic acids is 1. The molecule has 3 aromatic heterocycles. The summed E-state index contributed by atoms with van der Waals surface area (Å²) in [6, 6.07) is 17.1. The molecule has 1 amide bonds. The molecule has 2 aliphatic rings. The Kier molecular flexibility index (Phi) is 9.84. The van der Waals surface area contributed by atoms with E-state index in [0.29, 0.717) is 101 Å². The SMILES string of the molecule is COc1nc(-c2cccc(-c3cccc(-c4cc5c(=O)n(C)c(CN6CC[C@@H](C(=O)O)C6)nn5c4)c3Cl)c2Cl)ccc1CNC[C@H]1CCC(=O)N1. The van der Waals surface area contributed by atoms with Gasteiger partial charge in [0.2, 0.25) is 11.8 Å². The van der Waals surface area contributed by atoms with E-state index in [0.717, 1.165) is 17.5 Å². The summed E-state index contributed by atoms with van der Waals surface area (Å²) in [6.07, 6.45) is 3.73. The number of ether oxygens (including phenoxy) is 1. The Hall–Kier alpha value is -4.75. The van der Waals surface area contributed by atoms with Crippen LogP contribution in [0.2, 0.25) is 10.0 Å². The molecule has 0 spiro atoms. The molecule has 14 heteroatoms. The minimum atomic E-state index is -0.805. The first-order valence-electron chi connectivity index (χ1n) is 16.8. The molecule has 5 heterocycles. The molecule has 7 rings (SSSR count). The summed E-state index contributed by atoms with van der Waals surface area (Å²) in [7, 11) is 3.26. The third-order valence-corrected chi connectivity index (χ3v) is 10.5. The van der Waals surface area contributed by atoms with Gasteiger partial charge in [0.25, 0.3) is 5.56 Å². The minimum absolute atomic E-state index is 0.0862. The van der Waals surface area contributed by atoms with Gasteiger partial charge in [-0.15, -0.1) is 0 Å². The highest BCUT2D eigenvalue weighted by Gasteiger charge is 2.29. The lowest BCUT2D eigenvalue weighted by molar-refractivity contribution is -0.141. The van der Waals surface area contributed by atoms with Crippen LogP contribution < -0.4 is 20.9 Å². The molecular formula is C37H37Cl2N7O5. The zero-order valence-electron chi connectivity index (χ0n) is 28.2. The Balaban J connectivity index is 1.15. The zero-order valence-corrected chi connectivity index (χ0v) is 29.7. The minimum Gasteiger partial charge on any atom is -0.481 e. The fourth-order valence-corrected chi connectivity index (χ4v) is 7.54. The summed E-state index contributed by atoms with van der Waals surface area (Å²) in [5, 5.41) is 21.4. The molecule has 2 atom stereocenters. The molecular weight excluding hydrogens is 693 g/mol. The number of pyridine rings is 1. The zero-order chi connectivity index (χ0) is 35.8. The standard InChI is InChI=1S/C37H37Cl2N7O5/c1-44-31(20-45-14-13-22(18-45)37(49)50)43-46-19-23(15-30(46)36(44)48)25-5-3-6-26(33(25)38)27-7-4-8-28(34(27)39)29-11-9-21(35(42-29)51-2)16-40-17-24-10-12-32(47)41-24/h3-9,11,15,19,22,24,40H,10,12-14,16-18,20H2,1-2H3,(H,41,47)(H,49,50)/t22-,24-/m1/s1. The number of benzene rings is 2. The number of carboxylic acid groups (broad SMARTS) is 1. The van der Waals surface area contributed by atoms with Crippen LogP contribution in [0.15, 0.2) is 65.6 Å². The number of hydrogen-bond donors (Lipinski definition) is 3. The summed E-state index contributed by atoms with van der Waals surface area (Å²) in [6.45, 7) is 2.60. The Morgan fingerprint density at radius 2 is 1.76 bits per heavy atom. The van der Waals surface area contributed by atoms with Crippen molar-refractivity contribution < 1.29 is 19.4 Å². The third kappa shape index (κ3) is 6.96. The van der Waals surface area contributed by atoms with Gasteiger partial charge in [0.15, 0.2) is 0 Å². The first-order valence-corrected chi connectivity index (χ1v) is 17.5. The molecule has 5 aromatic rings. The molecule has 3 N–H and O–H groups in total. The first-order chi connectivity index (χ1) is 24.6. The number of amides is 1. The number of nitrogens with one attached hydrogen (secondary N) is 2. The smallest absolute Gasteiger partial charge is 0.307 e. The quantitative estimate of drug-likeness (QED) is 0.171. The van der Waals surface area contributed by atoms with E-state index in [9.17, 15) is 19.5 Å². The Morgan fingerprint density at radius 3 is 2.45 bits per heavy atom. The van der Waals surface area contributed by atoms with Crippen LogP contribution in [0.4, 0.5) is 0 Å². The van der Waals surface area contributed by atoms with Crippen molar-refractivity contribution in [3.8, 4) is 39.4 Å². The number of halogens is 2. The van der Waals surface area contributed by atoms with Crippen molar-refractivity contribution in [3.63, 3.8) is 0 Å². The van der Waals surface area contributed by atoms with Crippen molar-refractivity contribution in [2.45, 2.75) is 38.4 Å². The second-order valence-corrected chi connectivity index (χ2v) is 13.8. The summed E-state index contributed by atoms with van der Waals surface area (Å²) in [5.74, 6) is -0.119. The molecule has 12 nitrogen and oxygen atoms in total. The fraction of sp³-hybridized carbons (Fsp3) is 0.324. The van der Waals surface area contributed by atoms with Crippen LogP contribution in [0.1, 0.15) is 30.7 Å². The maximum absolute atomic E-state index is 13.4. The van der Waals surface area contributed by atoms with Gasteiger partial charge in [-0.3, -0.25) is 23.9 Å². The number of likely N-dealkylation sites (tertiary alicyclic amines) is 1. The van der Waals surface area contributed by atoms with Gasteiger partial charge >= 0.3 is 5.97 Å². The summed E-state index contributed by atoms with van der Waals surface area (Å²) in [5.41, 5.74) is 5.28. The monoisotopic (exact) mass is 729 g/mol. The Bertz CT molecular complexity index is 2220. The lowest BCUT2D eigenvalue weighted by Crippen LogP contribution is -2.35. The molecule has 2 aliphatic heterocycles. The average Bonchev–Trinajstić information content (AvgIpc) is 3.88. The molecule has 264 valence electrons. The van der Waals surface area contributed by atoms with Gasteiger partial charge in [-0.2, -0.15) is 5.10 Å². The van der Waals surface area contributed by atoms with E-state index in [4.69, 9.17) is 38.0 Å². The third-order valence-electron chi connectivity index (χ3n) is 9.72. The van der Waals surface area contributed by atoms with Crippen molar-refractivity contribution in [1.29, 1.82) is 0 Å². The number of fused-ring (bicyclic) bond motifs is 1. The van der Waals surface area contributed by atoms with Gasteiger partial charge < -0.3 is 20.5 Å². The highest BCUT2D eigenvalue weighted by atomic mass is 35.5. The number of nitrogens with zero attached hydrogens (tertiary/aromatic N) is 5. The van der Waals surface area contributed by atoms with Crippen LogP contribution in [-0.4, -0.2) is 73.8 Å². The van der Waals surface area contributed by atoms with E-state index >= 15 is 0 Å². The van der Waals surface area contributed by atoms with Crippen LogP contribution in [0.25, 0.3) is 39.0 Å². The van der Waals surface area contributed by atoms with Gasteiger partial charge in [0.05, 0.1) is 35.3 Å². The van der Waals surface area contributed by atoms with Crippen LogP contribution in [0.3, 0.4) is 0 Å². The average molecular weight is 731 g/mol. The first kappa shape index (κ1) is 34.7. The number of carbonyl (C=O) groups excluding carboxylic acids is 1. The van der Waals surface area contributed by atoms with E-state index < -0.39 is 11.9 Å². The predicted molar refractivity (Wildman–Crippen MR) is 195 cm³/mol. The van der Waals surface area contributed by atoms with Gasteiger partial charge in [-0.25, -0.2) is 9.50 Å². The molecule has 2 aromatic carbocycles. The van der Waals surface area contributed by atoms with E-state index in [1.807, 2.05) is 53.4 Å². The number of hydrogen-bond acceptors (Lipinski definition) is 8. The van der Waals surface area contributed by atoms with E-state index in [1.54, 1.807) is 30.9 Å². The molecule has 0 saturated carbocycles. The van der Waals surface area contributed by atoms with Crippen molar-refractivity contribution >= 4 is 40.6 Å². The van der Waals surface area contributed by atoms with Crippen LogP contribution in [0.5, 0.6) is 5.88 Å². The number of methoxy groups -OCH3 is 1. The number of rotatable bonds is 11. The predicted octanol–water partition coefficient (Wildman–Crippen LogP) is 5.02. The number of carbonyl (C=O) groups is 2. The van der Waals surface area contributed by atoms with Gasteiger partial charge in [0, 0.05) is 78.7 Å². The van der Waals surface area contributed by atoms with Crippen molar-refractivity contribution in [3.05, 3.63) is 92.6 Å². The van der Waals surface area contributed by atoms with Gasteiger partial charge in [-0.1, -0.05) is 65.7 Å². The maximum Gasteiger partial charge on any atom is 0.307 e. The summed E-state index contributed by atoms with van der Waals surface area (Å²) in [4.78, 5) is 43.2. The maximum atomic E-state index is 13.4. The second kappa shape index (κ2) is 14.5. The lowest BCUT2D eigenvalue weighted by atomic mass is 9.97. The number of aromatic nitrogens is 4. The summed E-state index contributed by atoms with van der Waals surface area (Å²) < 4.78 is 8.72. The largest absolute Gasteiger partial charge is 0.481 e. The number of carboxylic acids is 1. The van der Waals surface area contributed by atoms with E-state index in [1.165, 1.54) is 4.57 Å². The van der Waals surface area contributed by atoms with E-state index in [2.05, 4.69) is 10.6 Å².